The second-order valence-corrected chi connectivity index (χ2v) is 7.30. The van der Waals surface area contributed by atoms with E-state index >= 15 is 0 Å². The molecular formula is C16H30N6. The lowest BCUT2D eigenvalue weighted by molar-refractivity contribution is 0.0789. The zero-order valence-electron chi connectivity index (χ0n) is 14.3. The number of hydrogen-bond donors (Lipinski definition) is 0. The van der Waals surface area contributed by atoms with E-state index in [2.05, 4.69) is 50.9 Å². The summed E-state index contributed by atoms with van der Waals surface area (Å²) in [6, 6.07) is 0.845. The average Bonchev–Trinajstić information content (AvgIpc) is 2.99. The topological polar surface area (TPSA) is 50.1 Å². The molecule has 2 aliphatic rings. The smallest absolute Gasteiger partial charge is 0.168 e. The Labute approximate surface area is 133 Å². The van der Waals surface area contributed by atoms with Gasteiger partial charge in [-0.05, 0) is 36.2 Å². The average molecular weight is 306 g/mol. The molecule has 0 bridgehead atoms. The predicted molar refractivity (Wildman–Crippen MR) is 86.6 cm³/mol. The first-order valence-corrected chi connectivity index (χ1v) is 8.87. The zero-order chi connectivity index (χ0) is 15.5. The number of hydrogen-bond acceptors (Lipinski definition) is 5. The first kappa shape index (κ1) is 15.9. The third-order valence-corrected chi connectivity index (χ3v) is 5.27. The van der Waals surface area contributed by atoms with Crippen molar-refractivity contribution in [2.75, 3.05) is 33.2 Å². The van der Waals surface area contributed by atoms with E-state index in [0.717, 1.165) is 32.0 Å². The summed E-state index contributed by atoms with van der Waals surface area (Å²) in [5.41, 5.74) is 0. The maximum Gasteiger partial charge on any atom is 0.168 e. The molecule has 0 aromatic carbocycles. The molecule has 0 amide bonds. The van der Waals surface area contributed by atoms with Gasteiger partial charge in [0.05, 0.1) is 12.1 Å². The molecule has 1 aromatic heterocycles. The Morgan fingerprint density at radius 2 is 1.68 bits per heavy atom. The number of nitrogens with zero attached hydrogens (tertiary/aromatic N) is 6. The van der Waals surface area contributed by atoms with Crippen molar-refractivity contribution in [1.29, 1.82) is 0 Å². The zero-order valence-corrected chi connectivity index (χ0v) is 14.3. The number of tetrazole rings is 1. The Morgan fingerprint density at radius 1 is 1.00 bits per heavy atom. The van der Waals surface area contributed by atoms with Crippen LogP contribution in [0.2, 0.25) is 0 Å². The minimum Gasteiger partial charge on any atom is -0.304 e. The van der Waals surface area contributed by atoms with Crippen LogP contribution in [0.4, 0.5) is 0 Å². The molecule has 22 heavy (non-hydrogen) atoms. The third-order valence-electron chi connectivity index (χ3n) is 5.27. The summed E-state index contributed by atoms with van der Waals surface area (Å²) in [5.74, 6) is 1.61. The van der Waals surface area contributed by atoms with E-state index in [1.807, 2.05) is 0 Å². The van der Waals surface area contributed by atoms with Crippen LogP contribution in [-0.2, 0) is 0 Å². The summed E-state index contributed by atoms with van der Waals surface area (Å²) in [5, 5.41) is 12.9. The summed E-state index contributed by atoms with van der Waals surface area (Å²) in [4.78, 5) is 4.98. The number of piperazine rings is 1. The van der Waals surface area contributed by atoms with Gasteiger partial charge in [-0.3, -0.25) is 4.90 Å². The Balaban J connectivity index is 1.81. The van der Waals surface area contributed by atoms with Gasteiger partial charge in [-0.25, -0.2) is 4.68 Å². The summed E-state index contributed by atoms with van der Waals surface area (Å²) in [7, 11) is 2.20. The fraction of sp³-hybridized carbons (Fsp3) is 0.938. The number of rotatable bonds is 4. The van der Waals surface area contributed by atoms with Gasteiger partial charge in [-0.15, -0.1) is 5.10 Å². The summed E-state index contributed by atoms with van der Waals surface area (Å²) >= 11 is 0. The molecule has 0 radical (unpaired) electrons. The Hall–Kier alpha value is -1.01. The van der Waals surface area contributed by atoms with Gasteiger partial charge in [-0.2, -0.15) is 0 Å². The minimum atomic E-state index is 0.339. The minimum absolute atomic E-state index is 0.339. The molecule has 1 atom stereocenters. The van der Waals surface area contributed by atoms with Crippen molar-refractivity contribution < 1.29 is 0 Å². The fourth-order valence-corrected chi connectivity index (χ4v) is 3.96. The van der Waals surface area contributed by atoms with Crippen molar-refractivity contribution in [1.82, 2.24) is 30.0 Å². The highest BCUT2D eigenvalue weighted by Gasteiger charge is 2.32. The van der Waals surface area contributed by atoms with Gasteiger partial charge in [0.25, 0.3) is 0 Å². The van der Waals surface area contributed by atoms with Gasteiger partial charge in [0.1, 0.15) is 0 Å². The van der Waals surface area contributed by atoms with Crippen molar-refractivity contribution in [3.05, 3.63) is 5.82 Å². The molecule has 1 aromatic rings. The van der Waals surface area contributed by atoms with Crippen molar-refractivity contribution in [2.45, 2.75) is 58.0 Å². The highest BCUT2D eigenvalue weighted by atomic mass is 15.6. The van der Waals surface area contributed by atoms with Crippen LogP contribution in [0.1, 0.15) is 63.9 Å². The maximum absolute atomic E-state index is 4.45. The quantitative estimate of drug-likeness (QED) is 0.853. The van der Waals surface area contributed by atoms with E-state index in [-0.39, 0.29) is 0 Å². The van der Waals surface area contributed by atoms with E-state index < -0.39 is 0 Å². The molecular weight excluding hydrogens is 276 g/mol. The van der Waals surface area contributed by atoms with Gasteiger partial charge in [0.15, 0.2) is 5.82 Å². The molecule has 6 nitrogen and oxygen atoms in total. The van der Waals surface area contributed by atoms with Crippen LogP contribution < -0.4 is 0 Å². The lowest BCUT2D eigenvalue weighted by atomic mass is 9.94. The fourth-order valence-electron chi connectivity index (χ4n) is 3.96. The van der Waals surface area contributed by atoms with Gasteiger partial charge >= 0.3 is 0 Å². The molecule has 1 unspecified atom stereocenters. The SMILES string of the molecule is CC(C)C(c1nnnn1C1CCCCC1)N1CCN(C)CC1. The predicted octanol–water partition coefficient (Wildman–Crippen LogP) is 2.12. The first-order valence-electron chi connectivity index (χ1n) is 8.87. The lowest BCUT2D eigenvalue weighted by Crippen LogP contribution is -2.47. The van der Waals surface area contributed by atoms with Gasteiger partial charge in [0.2, 0.25) is 0 Å². The number of aromatic nitrogens is 4. The molecule has 0 N–H and O–H groups in total. The maximum atomic E-state index is 4.45. The van der Waals surface area contributed by atoms with Crippen LogP contribution in [-0.4, -0.2) is 63.2 Å². The Morgan fingerprint density at radius 3 is 2.32 bits per heavy atom. The van der Waals surface area contributed by atoms with Crippen molar-refractivity contribution in [3.63, 3.8) is 0 Å². The summed E-state index contributed by atoms with van der Waals surface area (Å²) in [6.45, 7) is 9.07. The van der Waals surface area contributed by atoms with Crippen LogP contribution in [0.15, 0.2) is 0 Å². The molecule has 2 heterocycles. The summed E-state index contributed by atoms with van der Waals surface area (Å²) < 4.78 is 2.15. The monoisotopic (exact) mass is 306 g/mol. The second kappa shape index (κ2) is 7.04. The molecule has 2 fully saturated rings. The van der Waals surface area contributed by atoms with Crippen LogP contribution in [0.25, 0.3) is 0 Å². The standard InChI is InChI=1S/C16H30N6/c1-13(2)15(21-11-9-20(3)10-12-21)16-17-18-19-22(16)14-7-5-4-6-8-14/h13-15H,4-12H2,1-3H3. The largest absolute Gasteiger partial charge is 0.304 e. The van der Waals surface area contributed by atoms with Crippen molar-refractivity contribution in [2.24, 2.45) is 5.92 Å². The highest BCUT2D eigenvalue weighted by molar-refractivity contribution is 4.98. The molecule has 1 aliphatic carbocycles. The highest BCUT2D eigenvalue weighted by Crippen LogP contribution is 2.33. The first-order chi connectivity index (χ1) is 10.7. The van der Waals surface area contributed by atoms with E-state index in [0.29, 0.717) is 18.0 Å². The van der Waals surface area contributed by atoms with Crippen molar-refractivity contribution >= 4 is 0 Å². The van der Waals surface area contributed by atoms with E-state index in [9.17, 15) is 0 Å². The third kappa shape index (κ3) is 3.33. The molecule has 6 heteroatoms. The molecule has 3 rings (SSSR count). The van der Waals surface area contributed by atoms with E-state index in [4.69, 9.17) is 0 Å². The Bertz CT molecular complexity index is 457. The molecule has 1 saturated heterocycles. The molecule has 1 aliphatic heterocycles. The number of likely N-dealkylation sites (N-methyl/N-ethyl adjacent to an activating group) is 1. The van der Waals surface area contributed by atoms with Crippen LogP contribution in [0.3, 0.4) is 0 Å². The normalized spacial score (nSPS) is 24.0. The summed E-state index contributed by atoms with van der Waals surface area (Å²) in [6.07, 6.45) is 6.44. The molecule has 1 saturated carbocycles. The van der Waals surface area contributed by atoms with E-state index in [1.54, 1.807) is 0 Å². The van der Waals surface area contributed by atoms with Crippen molar-refractivity contribution in [3.8, 4) is 0 Å². The molecule has 0 spiro atoms. The van der Waals surface area contributed by atoms with Gasteiger partial charge < -0.3 is 4.90 Å². The Kier molecular flexibility index (Phi) is 5.08. The van der Waals surface area contributed by atoms with Crippen LogP contribution >= 0.6 is 0 Å². The lowest BCUT2D eigenvalue weighted by Gasteiger charge is -2.39. The second-order valence-electron chi connectivity index (χ2n) is 7.30. The van der Waals surface area contributed by atoms with Gasteiger partial charge in [0, 0.05) is 26.2 Å². The van der Waals surface area contributed by atoms with Gasteiger partial charge in [-0.1, -0.05) is 33.1 Å². The van der Waals surface area contributed by atoms with Crippen LogP contribution in [0, 0.1) is 5.92 Å². The molecule has 124 valence electrons. The van der Waals surface area contributed by atoms with E-state index in [1.165, 1.54) is 32.1 Å². The van der Waals surface area contributed by atoms with Crippen LogP contribution in [0.5, 0.6) is 0 Å².